The molecule has 0 aliphatic rings. The van der Waals surface area contributed by atoms with Crippen molar-refractivity contribution < 1.29 is 4.74 Å². The number of nitrogens with one attached hydrogen (secondary N) is 1. The molecule has 0 aliphatic heterocycles. The molecule has 4 nitrogen and oxygen atoms in total. The molecule has 23 heavy (non-hydrogen) atoms. The maximum Gasteiger partial charge on any atom is 0.193 e. The number of aryl methyl sites for hydroxylation is 1. The zero-order chi connectivity index (χ0) is 15.8. The summed E-state index contributed by atoms with van der Waals surface area (Å²) in [4.78, 5) is 4.34. The van der Waals surface area contributed by atoms with Crippen LogP contribution in [-0.2, 0) is 6.42 Å². The summed E-state index contributed by atoms with van der Waals surface area (Å²) in [6, 6.07) is 15.9. The van der Waals surface area contributed by atoms with E-state index in [4.69, 9.17) is 10.5 Å². The molecule has 0 spiro atoms. The van der Waals surface area contributed by atoms with Crippen molar-refractivity contribution in [1.29, 1.82) is 0 Å². The van der Waals surface area contributed by atoms with E-state index >= 15 is 0 Å². The van der Waals surface area contributed by atoms with Crippen molar-refractivity contribution in [3.8, 4) is 5.75 Å². The predicted molar refractivity (Wildman–Crippen MR) is 111 cm³/mol. The first-order valence-corrected chi connectivity index (χ1v) is 7.92. The molecule has 0 radical (unpaired) electrons. The standard InChI is InChI=1S/C17H20BrN3O.HI/c1-22-16-9-3-8-15(12-16)21-17(19)20-10-4-6-13-5-2-7-14(18)11-13;/h2-3,5,7-9,11-12H,4,6,10H2,1H3,(H3,19,20,21);1H. The quantitative estimate of drug-likeness (QED) is 0.273. The summed E-state index contributed by atoms with van der Waals surface area (Å²) in [5.41, 5.74) is 8.05. The Morgan fingerprint density at radius 1 is 1.22 bits per heavy atom. The third-order valence-corrected chi connectivity index (χ3v) is 3.63. The van der Waals surface area contributed by atoms with E-state index in [0.717, 1.165) is 28.8 Å². The number of guanidine groups is 1. The fourth-order valence-electron chi connectivity index (χ4n) is 2.06. The molecule has 0 aliphatic carbocycles. The van der Waals surface area contributed by atoms with Crippen LogP contribution in [0.3, 0.4) is 0 Å². The Morgan fingerprint density at radius 3 is 2.74 bits per heavy atom. The van der Waals surface area contributed by atoms with Gasteiger partial charge >= 0.3 is 0 Å². The Kier molecular flexibility index (Phi) is 9.01. The van der Waals surface area contributed by atoms with E-state index in [1.807, 2.05) is 36.4 Å². The van der Waals surface area contributed by atoms with Gasteiger partial charge in [0.25, 0.3) is 0 Å². The summed E-state index contributed by atoms with van der Waals surface area (Å²) in [6.07, 6.45) is 1.94. The Labute approximate surface area is 162 Å². The number of nitrogens with zero attached hydrogens (tertiary/aromatic N) is 1. The normalized spacial score (nSPS) is 10.8. The van der Waals surface area contributed by atoms with E-state index in [2.05, 4.69) is 38.4 Å². The minimum Gasteiger partial charge on any atom is -0.497 e. The van der Waals surface area contributed by atoms with Gasteiger partial charge in [-0.25, -0.2) is 0 Å². The van der Waals surface area contributed by atoms with Gasteiger partial charge in [0, 0.05) is 22.8 Å². The maximum absolute atomic E-state index is 5.89. The van der Waals surface area contributed by atoms with Crippen LogP contribution in [0.5, 0.6) is 5.75 Å². The van der Waals surface area contributed by atoms with Crippen molar-refractivity contribution in [2.24, 2.45) is 10.7 Å². The van der Waals surface area contributed by atoms with Crippen LogP contribution in [0.25, 0.3) is 0 Å². The average Bonchev–Trinajstić information content (AvgIpc) is 2.52. The topological polar surface area (TPSA) is 59.6 Å². The fraction of sp³-hybridized carbons (Fsp3) is 0.235. The molecule has 0 saturated carbocycles. The van der Waals surface area contributed by atoms with Crippen LogP contribution in [0.15, 0.2) is 58.0 Å². The number of hydrogen-bond donors (Lipinski definition) is 2. The van der Waals surface area contributed by atoms with Gasteiger partial charge in [-0.1, -0.05) is 34.1 Å². The van der Waals surface area contributed by atoms with Gasteiger partial charge < -0.3 is 15.8 Å². The van der Waals surface area contributed by atoms with Crippen LogP contribution in [0.2, 0.25) is 0 Å². The van der Waals surface area contributed by atoms with Crippen molar-refractivity contribution in [2.45, 2.75) is 12.8 Å². The third-order valence-electron chi connectivity index (χ3n) is 3.14. The van der Waals surface area contributed by atoms with Crippen molar-refractivity contribution in [1.82, 2.24) is 0 Å². The van der Waals surface area contributed by atoms with Gasteiger partial charge in [-0.05, 0) is 42.7 Å². The highest BCUT2D eigenvalue weighted by Crippen LogP contribution is 2.16. The van der Waals surface area contributed by atoms with Crippen LogP contribution >= 0.6 is 39.9 Å². The lowest BCUT2D eigenvalue weighted by Crippen LogP contribution is -2.22. The second kappa shape index (κ2) is 10.5. The van der Waals surface area contributed by atoms with Crippen LogP contribution in [0.4, 0.5) is 5.69 Å². The van der Waals surface area contributed by atoms with Crippen LogP contribution in [0.1, 0.15) is 12.0 Å². The Balaban J connectivity index is 0.00000264. The summed E-state index contributed by atoms with van der Waals surface area (Å²) in [7, 11) is 1.64. The minimum atomic E-state index is 0. The number of anilines is 1. The van der Waals surface area contributed by atoms with Gasteiger partial charge in [0.05, 0.1) is 7.11 Å². The molecule has 124 valence electrons. The Bertz CT molecular complexity index is 649. The van der Waals surface area contributed by atoms with E-state index in [0.29, 0.717) is 12.5 Å². The summed E-state index contributed by atoms with van der Waals surface area (Å²) in [5.74, 6) is 1.20. The van der Waals surface area contributed by atoms with Crippen LogP contribution in [-0.4, -0.2) is 19.6 Å². The van der Waals surface area contributed by atoms with Gasteiger partial charge in [0.15, 0.2) is 5.96 Å². The molecule has 0 fully saturated rings. The maximum atomic E-state index is 5.89. The van der Waals surface area contributed by atoms with Gasteiger partial charge in [-0.2, -0.15) is 0 Å². The molecule has 2 rings (SSSR count). The van der Waals surface area contributed by atoms with Crippen molar-refractivity contribution in [2.75, 3.05) is 19.0 Å². The van der Waals surface area contributed by atoms with E-state index in [-0.39, 0.29) is 24.0 Å². The monoisotopic (exact) mass is 489 g/mol. The highest BCUT2D eigenvalue weighted by Gasteiger charge is 1.98. The zero-order valence-electron chi connectivity index (χ0n) is 13.0. The number of halogens is 2. The van der Waals surface area contributed by atoms with Gasteiger partial charge in [-0.15, -0.1) is 24.0 Å². The minimum absolute atomic E-state index is 0. The molecule has 0 saturated heterocycles. The largest absolute Gasteiger partial charge is 0.497 e. The Hall–Kier alpha value is -1.28. The molecule has 0 amide bonds. The zero-order valence-corrected chi connectivity index (χ0v) is 16.9. The number of methoxy groups -OCH3 is 1. The highest BCUT2D eigenvalue weighted by molar-refractivity contribution is 14.0. The molecule has 0 unspecified atom stereocenters. The highest BCUT2D eigenvalue weighted by atomic mass is 127. The number of benzene rings is 2. The molecule has 2 aromatic rings. The van der Waals surface area contributed by atoms with Crippen LogP contribution in [0, 0.1) is 0 Å². The van der Waals surface area contributed by atoms with Crippen LogP contribution < -0.4 is 15.8 Å². The Morgan fingerprint density at radius 2 is 2.00 bits per heavy atom. The summed E-state index contributed by atoms with van der Waals surface area (Å²) in [5, 5.41) is 3.06. The number of hydrogen-bond acceptors (Lipinski definition) is 2. The number of ether oxygens (including phenoxy) is 1. The molecular formula is C17H21BrIN3O. The number of nitrogens with two attached hydrogens (primary N) is 1. The van der Waals surface area contributed by atoms with Gasteiger partial charge in [-0.3, -0.25) is 4.99 Å². The fourth-order valence-corrected chi connectivity index (χ4v) is 2.51. The molecule has 3 N–H and O–H groups in total. The summed E-state index contributed by atoms with van der Waals surface area (Å²) >= 11 is 3.48. The van der Waals surface area contributed by atoms with Crippen molar-refractivity contribution >= 4 is 51.6 Å². The number of rotatable bonds is 6. The van der Waals surface area contributed by atoms with Crippen molar-refractivity contribution in [3.63, 3.8) is 0 Å². The first-order chi connectivity index (χ1) is 10.7. The second-order valence-electron chi connectivity index (χ2n) is 4.86. The van der Waals surface area contributed by atoms with Gasteiger partial charge in [0.2, 0.25) is 0 Å². The molecular weight excluding hydrogens is 469 g/mol. The first-order valence-electron chi connectivity index (χ1n) is 7.13. The van der Waals surface area contributed by atoms with E-state index in [9.17, 15) is 0 Å². The lowest BCUT2D eigenvalue weighted by molar-refractivity contribution is 0.415. The lowest BCUT2D eigenvalue weighted by Gasteiger charge is -2.07. The molecule has 0 bridgehead atoms. The summed E-state index contributed by atoms with van der Waals surface area (Å²) in [6.45, 7) is 0.690. The van der Waals surface area contributed by atoms with E-state index in [1.165, 1.54) is 5.56 Å². The molecule has 0 heterocycles. The first kappa shape index (κ1) is 19.8. The van der Waals surface area contributed by atoms with Gasteiger partial charge in [0.1, 0.15) is 5.75 Å². The third kappa shape index (κ3) is 7.22. The smallest absolute Gasteiger partial charge is 0.193 e. The van der Waals surface area contributed by atoms with Crippen molar-refractivity contribution in [3.05, 3.63) is 58.6 Å². The second-order valence-corrected chi connectivity index (χ2v) is 5.77. The van der Waals surface area contributed by atoms with E-state index in [1.54, 1.807) is 7.11 Å². The molecule has 0 atom stereocenters. The van der Waals surface area contributed by atoms with E-state index < -0.39 is 0 Å². The molecule has 2 aromatic carbocycles. The number of aliphatic imine (C=N–C) groups is 1. The lowest BCUT2D eigenvalue weighted by atomic mass is 10.1. The average molecular weight is 490 g/mol. The molecule has 6 heteroatoms. The molecule has 0 aromatic heterocycles. The SMILES string of the molecule is COc1cccc(NC(N)=NCCCc2cccc(Br)c2)c1.I. The summed E-state index contributed by atoms with van der Waals surface area (Å²) < 4.78 is 6.27. The predicted octanol–water partition coefficient (Wildman–Crippen LogP) is 4.44.